The molecule has 0 bridgehead atoms. The fourth-order valence-electron chi connectivity index (χ4n) is 1.95. The van der Waals surface area contributed by atoms with Gasteiger partial charge in [-0.3, -0.25) is 0 Å². The van der Waals surface area contributed by atoms with Gasteiger partial charge in [0.25, 0.3) is 0 Å². The van der Waals surface area contributed by atoms with E-state index < -0.39 is 18.9 Å². The van der Waals surface area contributed by atoms with E-state index in [-0.39, 0.29) is 0 Å². The van der Waals surface area contributed by atoms with Crippen LogP contribution in [0.5, 0.6) is 5.75 Å². The van der Waals surface area contributed by atoms with E-state index in [1.807, 2.05) is 26.0 Å². The van der Waals surface area contributed by atoms with Crippen molar-refractivity contribution in [3.05, 3.63) is 28.8 Å². The lowest BCUT2D eigenvalue weighted by Crippen LogP contribution is -2.34. The van der Waals surface area contributed by atoms with Crippen molar-refractivity contribution in [2.75, 3.05) is 6.61 Å². The van der Waals surface area contributed by atoms with Crippen LogP contribution in [0, 0.1) is 13.8 Å². The standard InChI is InChI=1S/C15H22F3NO2/c1-9(2)19-7-12-5-10(3)14(11(4)6-12)21-8-13(20)15(16,17)18/h5-6,9,13,19-20H,7-8H2,1-4H3. The first-order valence-corrected chi connectivity index (χ1v) is 6.82. The van der Waals surface area contributed by atoms with E-state index in [9.17, 15) is 13.2 Å². The third kappa shape index (κ3) is 5.55. The van der Waals surface area contributed by atoms with Crippen LogP contribution in [0.4, 0.5) is 13.2 Å². The molecule has 21 heavy (non-hydrogen) atoms. The molecule has 0 aliphatic rings. The maximum absolute atomic E-state index is 12.3. The Morgan fingerprint density at radius 3 is 2.14 bits per heavy atom. The molecule has 0 spiro atoms. The lowest BCUT2D eigenvalue weighted by Gasteiger charge is -2.18. The molecule has 1 aromatic carbocycles. The summed E-state index contributed by atoms with van der Waals surface area (Å²) < 4.78 is 41.9. The molecule has 1 aromatic rings. The summed E-state index contributed by atoms with van der Waals surface area (Å²) in [6, 6.07) is 4.10. The second kappa shape index (κ2) is 7.13. The Kier molecular flexibility index (Phi) is 6.04. The largest absolute Gasteiger partial charge is 0.490 e. The molecule has 0 amide bonds. The zero-order valence-corrected chi connectivity index (χ0v) is 12.7. The van der Waals surface area contributed by atoms with Crippen molar-refractivity contribution < 1.29 is 23.0 Å². The molecule has 1 atom stereocenters. The van der Waals surface area contributed by atoms with Crippen LogP contribution in [0.2, 0.25) is 0 Å². The number of hydrogen-bond acceptors (Lipinski definition) is 3. The minimum absolute atomic E-state index is 0.350. The molecule has 0 heterocycles. The number of benzene rings is 1. The zero-order valence-electron chi connectivity index (χ0n) is 12.7. The van der Waals surface area contributed by atoms with Gasteiger partial charge in [-0.15, -0.1) is 0 Å². The zero-order chi connectivity index (χ0) is 16.2. The van der Waals surface area contributed by atoms with Gasteiger partial charge in [0.2, 0.25) is 0 Å². The van der Waals surface area contributed by atoms with Crippen molar-refractivity contribution in [3.63, 3.8) is 0 Å². The Hall–Kier alpha value is -1.27. The molecule has 0 radical (unpaired) electrons. The van der Waals surface area contributed by atoms with Gasteiger partial charge in [-0.2, -0.15) is 13.2 Å². The highest BCUT2D eigenvalue weighted by molar-refractivity contribution is 5.43. The molecule has 1 unspecified atom stereocenters. The van der Waals surface area contributed by atoms with Crippen LogP contribution < -0.4 is 10.1 Å². The number of alkyl halides is 3. The van der Waals surface area contributed by atoms with Crippen LogP contribution in [0.15, 0.2) is 12.1 Å². The van der Waals surface area contributed by atoms with Gasteiger partial charge in [0.1, 0.15) is 12.4 Å². The first-order chi connectivity index (χ1) is 9.61. The SMILES string of the molecule is Cc1cc(CNC(C)C)cc(C)c1OCC(O)C(F)(F)F. The van der Waals surface area contributed by atoms with Crippen LogP contribution in [-0.2, 0) is 6.54 Å². The van der Waals surface area contributed by atoms with Gasteiger partial charge in [0, 0.05) is 12.6 Å². The number of aliphatic hydroxyl groups is 1. The van der Waals surface area contributed by atoms with Crippen molar-refractivity contribution in [3.8, 4) is 5.75 Å². The van der Waals surface area contributed by atoms with Crippen LogP contribution in [-0.4, -0.2) is 30.0 Å². The predicted molar refractivity (Wildman–Crippen MR) is 75.4 cm³/mol. The minimum atomic E-state index is -4.66. The first kappa shape index (κ1) is 17.8. The Morgan fingerprint density at radius 1 is 1.19 bits per heavy atom. The smallest absolute Gasteiger partial charge is 0.417 e. The van der Waals surface area contributed by atoms with E-state index in [2.05, 4.69) is 5.32 Å². The van der Waals surface area contributed by atoms with Gasteiger partial charge < -0.3 is 15.2 Å². The molecule has 0 saturated heterocycles. The van der Waals surface area contributed by atoms with Crippen molar-refractivity contribution in [2.45, 2.75) is 52.6 Å². The number of halogens is 3. The van der Waals surface area contributed by atoms with Gasteiger partial charge in [-0.1, -0.05) is 26.0 Å². The summed E-state index contributed by atoms with van der Waals surface area (Å²) in [5.41, 5.74) is 2.55. The predicted octanol–water partition coefficient (Wildman–Crippen LogP) is 3.10. The number of ether oxygens (including phenoxy) is 1. The molecular formula is C15H22F3NO2. The summed E-state index contributed by atoms with van der Waals surface area (Å²) in [6.07, 6.45) is -7.14. The summed E-state index contributed by atoms with van der Waals surface area (Å²) in [4.78, 5) is 0. The molecule has 0 aliphatic carbocycles. The molecule has 1 rings (SSSR count). The van der Waals surface area contributed by atoms with Gasteiger partial charge in [-0.05, 0) is 30.5 Å². The highest BCUT2D eigenvalue weighted by Crippen LogP contribution is 2.27. The normalized spacial score (nSPS) is 13.6. The Bertz CT molecular complexity index is 449. The molecule has 0 aliphatic heterocycles. The van der Waals surface area contributed by atoms with E-state index in [0.29, 0.717) is 18.3 Å². The summed E-state index contributed by atoms with van der Waals surface area (Å²) in [6.45, 7) is 7.52. The monoisotopic (exact) mass is 305 g/mol. The van der Waals surface area contributed by atoms with E-state index in [0.717, 1.165) is 16.7 Å². The van der Waals surface area contributed by atoms with E-state index in [1.165, 1.54) is 0 Å². The van der Waals surface area contributed by atoms with Crippen LogP contribution in [0.1, 0.15) is 30.5 Å². The minimum Gasteiger partial charge on any atom is -0.490 e. The second-order valence-corrected chi connectivity index (χ2v) is 5.46. The van der Waals surface area contributed by atoms with Crippen molar-refractivity contribution >= 4 is 0 Å². The van der Waals surface area contributed by atoms with Crippen LogP contribution >= 0.6 is 0 Å². The first-order valence-electron chi connectivity index (χ1n) is 6.82. The number of nitrogens with one attached hydrogen (secondary N) is 1. The lowest BCUT2D eigenvalue weighted by molar-refractivity contribution is -0.210. The van der Waals surface area contributed by atoms with Gasteiger partial charge in [0.15, 0.2) is 6.10 Å². The van der Waals surface area contributed by atoms with Crippen molar-refractivity contribution in [1.82, 2.24) is 5.32 Å². The number of aliphatic hydroxyl groups excluding tert-OH is 1. The molecule has 6 heteroatoms. The summed E-state index contributed by atoms with van der Waals surface area (Å²) in [5, 5.41) is 12.2. The van der Waals surface area contributed by atoms with E-state index in [1.54, 1.807) is 13.8 Å². The average molecular weight is 305 g/mol. The summed E-state index contributed by atoms with van der Waals surface area (Å²) >= 11 is 0. The molecule has 120 valence electrons. The highest BCUT2D eigenvalue weighted by Gasteiger charge is 2.38. The lowest BCUT2D eigenvalue weighted by atomic mass is 10.1. The molecule has 2 N–H and O–H groups in total. The maximum Gasteiger partial charge on any atom is 0.417 e. The van der Waals surface area contributed by atoms with Crippen LogP contribution in [0.25, 0.3) is 0 Å². The molecule has 3 nitrogen and oxygen atoms in total. The molecule has 0 saturated carbocycles. The van der Waals surface area contributed by atoms with Gasteiger partial charge >= 0.3 is 6.18 Å². The topological polar surface area (TPSA) is 41.5 Å². The third-order valence-electron chi connectivity index (χ3n) is 3.00. The summed E-state index contributed by atoms with van der Waals surface area (Å²) in [5.74, 6) is 0.395. The fraction of sp³-hybridized carbons (Fsp3) is 0.600. The Balaban J connectivity index is 2.76. The number of hydrogen-bond donors (Lipinski definition) is 2. The molecular weight excluding hydrogens is 283 g/mol. The van der Waals surface area contributed by atoms with Gasteiger partial charge in [-0.25, -0.2) is 0 Å². The average Bonchev–Trinajstić information content (AvgIpc) is 2.33. The molecule has 0 fully saturated rings. The number of rotatable bonds is 6. The van der Waals surface area contributed by atoms with Crippen molar-refractivity contribution in [1.29, 1.82) is 0 Å². The quantitative estimate of drug-likeness (QED) is 0.848. The van der Waals surface area contributed by atoms with Gasteiger partial charge in [0.05, 0.1) is 0 Å². The fourth-order valence-corrected chi connectivity index (χ4v) is 1.95. The Labute approximate surface area is 123 Å². The molecule has 0 aromatic heterocycles. The van der Waals surface area contributed by atoms with Crippen molar-refractivity contribution in [2.24, 2.45) is 0 Å². The Morgan fingerprint density at radius 2 is 1.71 bits per heavy atom. The second-order valence-electron chi connectivity index (χ2n) is 5.46. The van der Waals surface area contributed by atoms with E-state index in [4.69, 9.17) is 9.84 Å². The highest BCUT2D eigenvalue weighted by atomic mass is 19.4. The third-order valence-corrected chi connectivity index (χ3v) is 3.00. The summed E-state index contributed by atoms with van der Waals surface area (Å²) in [7, 11) is 0. The van der Waals surface area contributed by atoms with Crippen LogP contribution in [0.3, 0.4) is 0 Å². The maximum atomic E-state index is 12.3. The number of aryl methyl sites for hydroxylation is 2. The van der Waals surface area contributed by atoms with E-state index >= 15 is 0 Å².